The van der Waals surface area contributed by atoms with Crippen LogP contribution in [0.15, 0.2) is 41.0 Å². The lowest BCUT2D eigenvalue weighted by molar-refractivity contribution is 0.312. The molecule has 0 atom stereocenters. The molecule has 2 aliphatic heterocycles. The molecule has 2 aromatic carbocycles. The van der Waals surface area contributed by atoms with Gasteiger partial charge in [-0.25, -0.2) is 4.98 Å². The van der Waals surface area contributed by atoms with E-state index in [0.29, 0.717) is 11.0 Å². The molecule has 0 bridgehead atoms. The number of halogens is 2. The molecule has 0 saturated heterocycles. The second kappa shape index (κ2) is 8.01. The molecule has 5 nitrogen and oxygen atoms in total. The minimum absolute atomic E-state index is 0.567. The SMILES string of the molecule is CN1CCc2c(cc(Nc3ncc(Cl)c(N4CCc5cc(Br)ccc54)n3)cc2C2CC2)C1. The Morgan fingerprint density at radius 3 is 2.81 bits per heavy atom. The minimum atomic E-state index is 0.567. The molecule has 6 rings (SSSR count). The van der Waals surface area contributed by atoms with Crippen LogP contribution in [0.25, 0.3) is 0 Å². The maximum absolute atomic E-state index is 6.55. The largest absolute Gasteiger partial charge is 0.324 e. The summed E-state index contributed by atoms with van der Waals surface area (Å²) in [5.41, 5.74) is 8.04. The van der Waals surface area contributed by atoms with Crippen molar-refractivity contribution in [2.75, 3.05) is 30.4 Å². The van der Waals surface area contributed by atoms with E-state index in [-0.39, 0.29) is 0 Å². The highest BCUT2D eigenvalue weighted by Crippen LogP contribution is 2.45. The van der Waals surface area contributed by atoms with E-state index in [9.17, 15) is 0 Å². The predicted octanol–water partition coefficient (Wildman–Crippen LogP) is 6.20. The Balaban J connectivity index is 1.33. The quantitative estimate of drug-likeness (QED) is 0.453. The first-order chi connectivity index (χ1) is 15.5. The first kappa shape index (κ1) is 20.5. The molecule has 0 unspecified atom stereocenters. The fraction of sp³-hybridized carbons (Fsp3) is 0.360. The van der Waals surface area contributed by atoms with Crippen LogP contribution in [0.3, 0.4) is 0 Å². The lowest BCUT2D eigenvalue weighted by Gasteiger charge is -2.28. The van der Waals surface area contributed by atoms with E-state index in [1.54, 1.807) is 11.8 Å². The van der Waals surface area contributed by atoms with Crippen molar-refractivity contribution < 1.29 is 0 Å². The van der Waals surface area contributed by atoms with E-state index in [4.69, 9.17) is 16.6 Å². The Morgan fingerprint density at radius 2 is 1.97 bits per heavy atom. The van der Waals surface area contributed by atoms with Crippen LogP contribution < -0.4 is 10.2 Å². The van der Waals surface area contributed by atoms with Gasteiger partial charge in [0.1, 0.15) is 5.02 Å². The van der Waals surface area contributed by atoms with Gasteiger partial charge >= 0.3 is 0 Å². The van der Waals surface area contributed by atoms with Crippen LogP contribution in [-0.4, -0.2) is 35.0 Å². The van der Waals surface area contributed by atoms with Gasteiger partial charge in [0, 0.05) is 35.5 Å². The molecule has 164 valence electrons. The highest BCUT2D eigenvalue weighted by molar-refractivity contribution is 9.10. The van der Waals surface area contributed by atoms with Crippen LogP contribution in [0.2, 0.25) is 5.02 Å². The van der Waals surface area contributed by atoms with Crippen molar-refractivity contribution in [1.29, 1.82) is 0 Å². The standard InChI is InChI=1S/C25H25BrClN5/c1-31-8-7-20-17(14-31)11-19(12-21(20)15-2-3-15)29-25-28-13-22(27)24(30-25)32-9-6-16-10-18(26)4-5-23(16)32/h4-5,10-13,15H,2-3,6-9,14H2,1H3,(H,28,29,30). The number of fused-ring (bicyclic) bond motifs is 2. The summed E-state index contributed by atoms with van der Waals surface area (Å²) >= 11 is 10.1. The number of nitrogens with zero attached hydrogens (tertiary/aromatic N) is 4. The first-order valence-electron chi connectivity index (χ1n) is 11.2. The Morgan fingerprint density at radius 1 is 1.09 bits per heavy atom. The van der Waals surface area contributed by atoms with Gasteiger partial charge in [-0.05, 0) is 91.2 Å². The Labute approximate surface area is 201 Å². The number of aromatic nitrogens is 2. The highest BCUT2D eigenvalue weighted by Gasteiger charge is 2.29. The van der Waals surface area contributed by atoms with Crippen molar-refractivity contribution in [3.05, 3.63) is 68.3 Å². The Kier molecular flexibility index (Phi) is 5.12. The van der Waals surface area contributed by atoms with Gasteiger partial charge in [-0.1, -0.05) is 27.5 Å². The van der Waals surface area contributed by atoms with E-state index < -0.39 is 0 Å². The van der Waals surface area contributed by atoms with Crippen molar-refractivity contribution in [2.24, 2.45) is 0 Å². The molecular weight excluding hydrogens is 486 g/mol. The van der Waals surface area contributed by atoms with E-state index in [2.05, 4.69) is 73.4 Å². The summed E-state index contributed by atoms with van der Waals surface area (Å²) in [5.74, 6) is 2.06. The van der Waals surface area contributed by atoms with Gasteiger partial charge in [-0.15, -0.1) is 0 Å². The maximum Gasteiger partial charge on any atom is 0.229 e. The van der Waals surface area contributed by atoms with Crippen molar-refractivity contribution in [2.45, 2.75) is 38.1 Å². The molecule has 1 aromatic heterocycles. The van der Waals surface area contributed by atoms with Crippen molar-refractivity contribution in [3.63, 3.8) is 0 Å². The third-order valence-corrected chi connectivity index (χ3v) is 7.51. The molecule has 32 heavy (non-hydrogen) atoms. The third-order valence-electron chi connectivity index (χ3n) is 6.75. The minimum Gasteiger partial charge on any atom is -0.324 e. The van der Waals surface area contributed by atoms with Crippen molar-refractivity contribution >= 4 is 50.7 Å². The van der Waals surface area contributed by atoms with Crippen LogP contribution in [0.1, 0.15) is 41.0 Å². The number of benzene rings is 2. The van der Waals surface area contributed by atoms with Crippen molar-refractivity contribution in [1.82, 2.24) is 14.9 Å². The molecule has 1 N–H and O–H groups in total. The van der Waals surface area contributed by atoms with Crippen LogP contribution in [0.4, 0.5) is 23.1 Å². The first-order valence-corrected chi connectivity index (χ1v) is 12.4. The molecule has 1 aliphatic carbocycles. The molecule has 1 saturated carbocycles. The Hall–Kier alpha value is -2.15. The molecule has 7 heteroatoms. The third kappa shape index (κ3) is 3.78. The fourth-order valence-electron chi connectivity index (χ4n) is 5.03. The van der Waals surface area contributed by atoms with Gasteiger partial charge in [-0.2, -0.15) is 4.98 Å². The average Bonchev–Trinajstić information content (AvgIpc) is 3.54. The van der Waals surface area contributed by atoms with E-state index in [1.165, 1.54) is 29.5 Å². The second-order valence-corrected chi connectivity index (χ2v) is 10.5. The smallest absolute Gasteiger partial charge is 0.229 e. The topological polar surface area (TPSA) is 44.3 Å². The molecule has 0 amide bonds. The molecule has 1 fully saturated rings. The van der Waals surface area contributed by atoms with E-state index in [1.807, 2.05) is 0 Å². The van der Waals surface area contributed by atoms with Gasteiger partial charge in [0.2, 0.25) is 5.95 Å². The maximum atomic E-state index is 6.55. The summed E-state index contributed by atoms with van der Waals surface area (Å²) in [4.78, 5) is 13.9. The summed E-state index contributed by atoms with van der Waals surface area (Å²) in [6.07, 6.45) is 6.43. The van der Waals surface area contributed by atoms with Crippen molar-refractivity contribution in [3.8, 4) is 0 Å². The van der Waals surface area contributed by atoms with Gasteiger partial charge in [0.25, 0.3) is 0 Å². The zero-order valence-corrected chi connectivity index (χ0v) is 20.4. The zero-order valence-electron chi connectivity index (χ0n) is 18.0. The number of nitrogens with one attached hydrogen (secondary N) is 1. The molecule has 0 radical (unpaired) electrons. The predicted molar refractivity (Wildman–Crippen MR) is 134 cm³/mol. The van der Waals surface area contributed by atoms with Gasteiger partial charge < -0.3 is 15.1 Å². The summed E-state index contributed by atoms with van der Waals surface area (Å²) < 4.78 is 1.10. The summed E-state index contributed by atoms with van der Waals surface area (Å²) in [6.45, 7) is 2.99. The normalized spacial score (nSPS) is 17.9. The number of hydrogen-bond donors (Lipinski definition) is 1. The van der Waals surface area contributed by atoms with Crippen LogP contribution in [0.5, 0.6) is 0 Å². The number of rotatable bonds is 4. The lowest BCUT2D eigenvalue weighted by Crippen LogP contribution is -2.27. The fourth-order valence-corrected chi connectivity index (χ4v) is 5.63. The second-order valence-electron chi connectivity index (χ2n) is 9.13. The lowest BCUT2D eigenvalue weighted by atomic mass is 9.91. The van der Waals surface area contributed by atoms with Gasteiger partial charge in [0.15, 0.2) is 5.82 Å². The highest BCUT2D eigenvalue weighted by atomic mass is 79.9. The molecule has 3 aromatic rings. The van der Waals surface area contributed by atoms with E-state index in [0.717, 1.165) is 60.1 Å². The number of anilines is 4. The van der Waals surface area contributed by atoms with Gasteiger partial charge in [0.05, 0.1) is 6.20 Å². The summed E-state index contributed by atoms with van der Waals surface area (Å²) in [7, 11) is 2.20. The zero-order chi connectivity index (χ0) is 21.8. The number of hydrogen-bond acceptors (Lipinski definition) is 5. The summed E-state index contributed by atoms with van der Waals surface area (Å²) in [5, 5.41) is 4.05. The number of likely N-dealkylation sites (N-methyl/N-ethyl adjacent to an activating group) is 1. The van der Waals surface area contributed by atoms with Gasteiger partial charge in [-0.3, -0.25) is 0 Å². The summed E-state index contributed by atoms with van der Waals surface area (Å²) in [6, 6.07) is 11.0. The average molecular weight is 511 g/mol. The molecule has 0 spiro atoms. The van der Waals surface area contributed by atoms with Crippen LogP contribution in [-0.2, 0) is 19.4 Å². The van der Waals surface area contributed by atoms with Crippen LogP contribution >= 0.6 is 27.5 Å². The molecular formula is C25H25BrClN5. The molecule has 3 heterocycles. The monoisotopic (exact) mass is 509 g/mol. The molecule has 3 aliphatic rings. The van der Waals surface area contributed by atoms with Crippen LogP contribution in [0, 0.1) is 0 Å². The van der Waals surface area contributed by atoms with E-state index >= 15 is 0 Å². The Bertz CT molecular complexity index is 1210.